The first kappa shape index (κ1) is 28.6. The molecule has 1 aromatic heterocycles. The third-order valence-electron chi connectivity index (χ3n) is 8.77. The van der Waals surface area contributed by atoms with E-state index in [0.29, 0.717) is 17.4 Å². The maximum atomic E-state index is 11.9. The van der Waals surface area contributed by atoms with Gasteiger partial charge in [0, 0.05) is 24.4 Å². The molecule has 1 fully saturated rings. The van der Waals surface area contributed by atoms with E-state index in [0.717, 1.165) is 78.9 Å². The maximum absolute atomic E-state index is 11.9. The second kappa shape index (κ2) is 12.3. The summed E-state index contributed by atoms with van der Waals surface area (Å²) in [5.41, 5.74) is 6.78. The Morgan fingerprint density at radius 3 is 2.59 bits per heavy atom. The van der Waals surface area contributed by atoms with Crippen LogP contribution in [0.15, 0.2) is 48.7 Å². The zero-order valence-electron chi connectivity index (χ0n) is 24.4. The minimum absolute atomic E-state index is 0.00779. The number of aliphatic carboxylic acids is 1. The average molecular weight is 554 g/mol. The number of carbonyl (C=O) groups is 1. The van der Waals surface area contributed by atoms with Gasteiger partial charge in [-0.15, -0.1) is 0 Å². The van der Waals surface area contributed by atoms with E-state index >= 15 is 0 Å². The molecule has 3 atom stereocenters. The highest BCUT2D eigenvalue weighted by Gasteiger charge is 2.39. The molecule has 1 aliphatic heterocycles. The first-order chi connectivity index (χ1) is 19.9. The van der Waals surface area contributed by atoms with Crippen LogP contribution in [0.1, 0.15) is 79.9 Å². The summed E-state index contributed by atoms with van der Waals surface area (Å²) < 4.78 is 12.0. The molecule has 0 radical (unpaired) electrons. The summed E-state index contributed by atoms with van der Waals surface area (Å²) in [5, 5.41) is 19.6. The lowest BCUT2D eigenvalue weighted by Crippen LogP contribution is -2.23. The summed E-state index contributed by atoms with van der Waals surface area (Å²) in [4.78, 5) is 18.5. The Balaban J connectivity index is 1.49. The molecule has 1 saturated carbocycles. The van der Waals surface area contributed by atoms with Crippen molar-refractivity contribution >= 4 is 5.97 Å². The van der Waals surface area contributed by atoms with Gasteiger partial charge in [-0.05, 0) is 84.5 Å². The fraction of sp³-hybridized carbons (Fsp3) is 0.441. The van der Waals surface area contributed by atoms with Crippen molar-refractivity contribution in [1.29, 1.82) is 5.26 Å². The molecular weight excluding hydrogens is 514 g/mol. The quantitative estimate of drug-likeness (QED) is 0.281. The molecule has 7 nitrogen and oxygen atoms in total. The van der Waals surface area contributed by atoms with Crippen LogP contribution < -0.4 is 9.47 Å². The van der Waals surface area contributed by atoms with Gasteiger partial charge in [-0.2, -0.15) is 5.26 Å². The Bertz CT molecular complexity index is 1450. The summed E-state index contributed by atoms with van der Waals surface area (Å²) >= 11 is 0. The Labute approximate surface area is 242 Å². The lowest BCUT2D eigenvalue weighted by Gasteiger charge is -2.29. The van der Waals surface area contributed by atoms with E-state index in [9.17, 15) is 15.2 Å². The molecular formula is C34H39N3O4. The van der Waals surface area contributed by atoms with E-state index < -0.39 is 11.9 Å². The number of carboxylic acid groups (broad SMARTS) is 1. The SMILES string of the molecule is CCN(CC)Cc1cc(C2CCc3ccc(C(C4CC4)[C@H](C)C(=O)O)cc3O2)ccc1-c1cc(OC)ncc1C#N. The molecule has 41 heavy (non-hydrogen) atoms. The molecule has 1 aliphatic carbocycles. The lowest BCUT2D eigenvalue weighted by atomic mass is 9.82. The molecule has 2 aliphatic rings. The van der Waals surface area contributed by atoms with E-state index in [-0.39, 0.29) is 12.0 Å². The maximum Gasteiger partial charge on any atom is 0.306 e. The molecule has 0 bridgehead atoms. The van der Waals surface area contributed by atoms with Crippen molar-refractivity contribution in [2.45, 2.75) is 65.0 Å². The van der Waals surface area contributed by atoms with E-state index in [1.165, 1.54) is 5.56 Å². The number of carboxylic acids is 1. The van der Waals surface area contributed by atoms with Gasteiger partial charge in [-0.3, -0.25) is 9.69 Å². The van der Waals surface area contributed by atoms with Crippen molar-refractivity contribution in [3.8, 4) is 28.8 Å². The zero-order valence-corrected chi connectivity index (χ0v) is 24.4. The summed E-state index contributed by atoms with van der Waals surface area (Å²) in [6.07, 6.45) is 5.39. The van der Waals surface area contributed by atoms with Gasteiger partial charge in [-0.25, -0.2) is 4.98 Å². The summed E-state index contributed by atoms with van der Waals surface area (Å²) in [6.45, 7) is 8.71. The summed E-state index contributed by atoms with van der Waals surface area (Å²) in [6, 6.07) is 16.9. The van der Waals surface area contributed by atoms with Crippen molar-refractivity contribution in [2.24, 2.45) is 11.8 Å². The van der Waals surface area contributed by atoms with E-state index in [2.05, 4.69) is 66.2 Å². The van der Waals surface area contributed by atoms with E-state index in [1.807, 2.05) is 13.0 Å². The minimum Gasteiger partial charge on any atom is -0.485 e. The first-order valence-electron chi connectivity index (χ1n) is 14.7. The molecule has 7 heteroatoms. The highest BCUT2D eigenvalue weighted by atomic mass is 16.5. The van der Waals surface area contributed by atoms with Crippen LogP contribution in [0.4, 0.5) is 0 Å². The minimum atomic E-state index is -0.745. The second-order valence-electron chi connectivity index (χ2n) is 11.3. The summed E-state index contributed by atoms with van der Waals surface area (Å²) in [7, 11) is 1.58. The molecule has 2 aromatic carbocycles. The van der Waals surface area contributed by atoms with Gasteiger partial charge in [0.2, 0.25) is 5.88 Å². The van der Waals surface area contributed by atoms with Gasteiger partial charge in [-0.1, -0.05) is 51.1 Å². The number of pyridine rings is 1. The second-order valence-corrected chi connectivity index (χ2v) is 11.3. The van der Waals surface area contributed by atoms with Gasteiger partial charge >= 0.3 is 5.97 Å². The van der Waals surface area contributed by atoms with Crippen LogP contribution in [-0.2, 0) is 17.8 Å². The molecule has 0 saturated heterocycles. The fourth-order valence-electron chi connectivity index (χ4n) is 6.16. The van der Waals surface area contributed by atoms with Crippen LogP contribution in [0.2, 0.25) is 0 Å². The molecule has 3 aromatic rings. The van der Waals surface area contributed by atoms with Gasteiger partial charge in [0.05, 0.1) is 18.6 Å². The smallest absolute Gasteiger partial charge is 0.306 e. The van der Waals surface area contributed by atoms with Crippen molar-refractivity contribution in [3.63, 3.8) is 0 Å². The molecule has 0 spiro atoms. The monoisotopic (exact) mass is 553 g/mol. The average Bonchev–Trinajstić information content (AvgIpc) is 3.84. The van der Waals surface area contributed by atoms with E-state index in [4.69, 9.17) is 9.47 Å². The number of ether oxygens (including phenoxy) is 2. The number of hydrogen-bond donors (Lipinski definition) is 1. The molecule has 214 valence electrons. The van der Waals surface area contributed by atoms with Crippen molar-refractivity contribution in [3.05, 3.63) is 76.5 Å². The number of methoxy groups -OCH3 is 1. The highest BCUT2D eigenvalue weighted by molar-refractivity contribution is 5.74. The van der Waals surface area contributed by atoms with Crippen molar-refractivity contribution < 1.29 is 19.4 Å². The largest absolute Gasteiger partial charge is 0.485 e. The number of nitriles is 1. The zero-order chi connectivity index (χ0) is 29.1. The van der Waals surface area contributed by atoms with Gasteiger partial charge in [0.1, 0.15) is 17.9 Å². The Morgan fingerprint density at radius 1 is 1.15 bits per heavy atom. The molecule has 0 amide bonds. The summed E-state index contributed by atoms with van der Waals surface area (Å²) in [5.74, 6) is 0.599. The van der Waals surface area contributed by atoms with Crippen LogP contribution in [0.5, 0.6) is 11.6 Å². The van der Waals surface area contributed by atoms with Crippen LogP contribution in [0.25, 0.3) is 11.1 Å². The van der Waals surface area contributed by atoms with Crippen molar-refractivity contribution in [2.75, 3.05) is 20.2 Å². The van der Waals surface area contributed by atoms with Crippen LogP contribution in [0, 0.1) is 23.2 Å². The van der Waals surface area contributed by atoms with Gasteiger partial charge < -0.3 is 14.6 Å². The van der Waals surface area contributed by atoms with E-state index in [1.54, 1.807) is 13.3 Å². The van der Waals surface area contributed by atoms with Crippen LogP contribution in [0.3, 0.4) is 0 Å². The standard InChI is InChI=1S/C34H39N3O4/c1-5-37(6-2)20-26-15-24(11-13-28(26)29-17-32(40-4)36-19-27(29)18-35)30-14-12-22-7-10-25(16-31(22)41-30)33(23-8-9-23)21(3)34(38)39/h7,10-11,13,15-17,19,21,23,30,33H,5-6,8-9,12,14,20H2,1-4H3,(H,38,39)/t21-,30?,33?/m0/s1. The molecule has 5 rings (SSSR count). The van der Waals surface area contributed by atoms with Crippen LogP contribution >= 0.6 is 0 Å². The number of aromatic nitrogens is 1. The van der Waals surface area contributed by atoms with Crippen molar-refractivity contribution in [1.82, 2.24) is 9.88 Å². The highest BCUT2D eigenvalue weighted by Crippen LogP contribution is 2.48. The normalized spacial score (nSPS) is 17.7. The predicted octanol–water partition coefficient (Wildman–Crippen LogP) is 6.75. The number of nitrogens with zero attached hydrogens (tertiary/aromatic N) is 3. The molecule has 2 unspecified atom stereocenters. The third-order valence-corrected chi connectivity index (χ3v) is 8.77. The predicted molar refractivity (Wildman–Crippen MR) is 158 cm³/mol. The number of aryl methyl sites for hydroxylation is 1. The van der Waals surface area contributed by atoms with Gasteiger partial charge in [0.15, 0.2) is 0 Å². The number of hydrogen-bond acceptors (Lipinski definition) is 6. The molecule has 2 heterocycles. The number of benzene rings is 2. The topological polar surface area (TPSA) is 95.7 Å². The lowest BCUT2D eigenvalue weighted by molar-refractivity contribution is -0.142. The Morgan fingerprint density at radius 2 is 1.93 bits per heavy atom. The number of rotatable bonds is 11. The first-order valence-corrected chi connectivity index (χ1v) is 14.7. The third kappa shape index (κ3) is 6.08. The Kier molecular flexibility index (Phi) is 8.60. The van der Waals surface area contributed by atoms with Crippen LogP contribution in [-0.4, -0.2) is 41.2 Å². The van der Waals surface area contributed by atoms with Gasteiger partial charge in [0.25, 0.3) is 0 Å². The fourth-order valence-corrected chi connectivity index (χ4v) is 6.16. The Hall–Kier alpha value is -3.89. The number of fused-ring (bicyclic) bond motifs is 1. The molecule has 1 N–H and O–H groups in total.